The number of hydroxylamine groups is 2. The number of carbonyl (C=O) groups is 1. The van der Waals surface area contributed by atoms with Gasteiger partial charge in [0.2, 0.25) is 5.82 Å². The topological polar surface area (TPSA) is 71.1 Å². The van der Waals surface area contributed by atoms with Gasteiger partial charge in [-0.25, -0.2) is 10.0 Å². The van der Waals surface area contributed by atoms with Crippen molar-refractivity contribution in [2.45, 2.75) is 19.8 Å². The Balaban J connectivity index is 2.71. The Hall–Kier alpha value is -1.43. The van der Waals surface area contributed by atoms with E-state index in [2.05, 4.69) is 15.2 Å². The lowest BCUT2D eigenvalue weighted by Gasteiger charge is -2.10. The maximum atomic E-state index is 11.4. The van der Waals surface area contributed by atoms with E-state index in [0.717, 1.165) is 23.7 Å². The summed E-state index contributed by atoms with van der Waals surface area (Å²) in [5, 5.41) is 7.58. The Morgan fingerprint density at radius 1 is 1.64 bits per heavy atom. The van der Waals surface area contributed by atoms with E-state index in [0.29, 0.717) is 0 Å². The predicted molar refractivity (Wildman–Crippen MR) is 49.5 cm³/mol. The van der Waals surface area contributed by atoms with E-state index in [9.17, 15) is 4.79 Å². The fourth-order valence-electron chi connectivity index (χ4n) is 0.963. The first-order valence-electron chi connectivity index (χ1n) is 4.42. The van der Waals surface area contributed by atoms with Gasteiger partial charge in [0.05, 0.1) is 7.11 Å². The van der Waals surface area contributed by atoms with Gasteiger partial charge in [0.1, 0.15) is 5.82 Å². The lowest BCUT2D eigenvalue weighted by Crippen LogP contribution is -2.26. The van der Waals surface area contributed by atoms with Gasteiger partial charge in [-0.15, -0.1) is 5.10 Å². The number of hydrogen-bond donors (Lipinski definition) is 1. The first-order chi connectivity index (χ1) is 6.69. The van der Waals surface area contributed by atoms with E-state index in [4.69, 9.17) is 4.84 Å². The average molecular weight is 198 g/mol. The molecule has 1 aromatic rings. The molecule has 0 aliphatic rings. The van der Waals surface area contributed by atoms with Gasteiger partial charge >= 0.3 is 5.91 Å². The fraction of sp³-hybridized carbons (Fsp3) is 0.625. The van der Waals surface area contributed by atoms with Gasteiger partial charge in [-0.05, 0) is 6.42 Å². The molecule has 0 unspecified atom stereocenters. The largest absolute Gasteiger partial charge is 0.316 e. The van der Waals surface area contributed by atoms with Gasteiger partial charge in [0, 0.05) is 13.5 Å². The minimum atomic E-state index is -0.355. The van der Waals surface area contributed by atoms with Crippen molar-refractivity contribution < 1.29 is 9.63 Å². The van der Waals surface area contributed by atoms with Crippen LogP contribution < -0.4 is 0 Å². The molecule has 0 atom stereocenters. The smallest absolute Gasteiger partial charge is 0.274 e. The summed E-state index contributed by atoms with van der Waals surface area (Å²) >= 11 is 0. The van der Waals surface area contributed by atoms with Gasteiger partial charge in [0.25, 0.3) is 0 Å². The molecule has 1 N–H and O–H groups in total. The minimum Gasteiger partial charge on any atom is -0.274 e. The number of amides is 1. The van der Waals surface area contributed by atoms with E-state index >= 15 is 0 Å². The molecule has 78 valence electrons. The lowest BCUT2D eigenvalue weighted by molar-refractivity contribution is -0.0764. The monoisotopic (exact) mass is 198 g/mol. The van der Waals surface area contributed by atoms with Crippen LogP contribution in [0.25, 0.3) is 0 Å². The van der Waals surface area contributed by atoms with Crippen molar-refractivity contribution in [1.29, 1.82) is 0 Å². The second kappa shape index (κ2) is 4.71. The van der Waals surface area contributed by atoms with Crippen LogP contribution in [0.5, 0.6) is 0 Å². The molecule has 0 saturated heterocycles. The summed E-state index contributed by atoms with van der Waals surface area (Å²) in [5.74, 6) is 0.504. The van der Waals surface area contributed by atoms with Crippen molar-refractivity contribution in [2.24, 2.45) is 0 Å². The normalized spacial score (nSPS) is 10.2. The number of hydrogen-bond acceptors (Lipinski definition) is 4. The third kappa shape index (κ3) is 2.29. The second-order valence-electron chi connectivity index (χ2n) is 2.84. The summed E-state index contributed by atoms with van der Waals surface area (Å²) in [6.45, 7) is 2.03. The molecule has 1 amide bonds. The van der Waals surface area contributed by atoms with Crippen LogP contribution >= 0.6 is 0 Å². The molecule has 0 saturated carbocycles. The Labute approximate surface area is 82.2 Å². The first kappa shape index (κ1) is 10.6. The van der Waals surface area contributed by atoms with Crippen LogP contribution in [0.3, 0.4) is 0 Å². The predicted octanol–water partition coefficient (Wildman–Crippen LogP) is 0.391. The molecular weight excluding hydrogens is 184 g/mol. The Morgan fingerprint density at radius 2 is 2.36 bits per heavy atom. The molecule has 0 fully saturated rings. The molecule has 1 rings (SSSR count). The highest BCUT2D eigenvalue weighted by Crippen LogP contribution is 1.99. The number of aryl methyl sites for hydroxylation is 1. The Kier molecular flexibility index (Phi) is 3.58. The highest BCUT2D eigenvalue weighted by atomic mass is 16.7. The molecule has 1 heterocycles. The standard InChI is InChI=1S/C8H14N4O2/c1-4-5-6-9-7(11-10-6)8(13)12(2)14-3/h4-5H2,1-3H3,(H,9,10,11). The lowest BCUT2D eigenvalue weighted by atomic mass is 10.3. The third-order valence-electron chi connectivity index (χ3n) is 1.77. The van der Waals surface area contributed by atoms with Crippen LogP contribution in [-0.2, 0) is 11.3 Å². The summed E-state index contributed by atoms with van der Waals surface area (Å²) in [7, 11) is 2.93. The van der Waals surface area contributed by atoms with Crippen LogP contribution in [0, 0.1) is 0 Å². The maximum absolute atomic E-state index is 11.4. The highest BCUT2D eigenvalue weighted by Gasteiger charge is 2.16. The van der Waals surface area contributed by atoms with Crippen molar-refractivity contribution in [3.8, 4) is 0 Å². The van der Waals surface area contributed by atoms with E-state index in [1.807, 2.05) is 6.92 Å². The summed E-state index contributed by atoms with van der Waals surface area (Å²) in [5.41, 5.74) is 0. The summed E-state index contributed by atoms with van der Waals surface area (Å²) in [4.78, 5) is 20.2. The highest BCUT2D eigenvalue weighted by molar-refractivity contribution is 5.89. The number of H-pyrrole nitrogens is 1. The van der Waals surface area contributed by atoms with Crippen molar-refractivity contribution in [3.63, 3.8) is 0 Å². The molecule has 14 heavy (non-hydrogen) atoms. The van der Waals surface area contributed by atoms with E-state index < -0.39 is 0 Å². The van der Waals surface area contributed by atoms with E-state index in [1.54, 1.807) is 0 Å². The third-order valence-corrected chi connectivity index (χ3v) is 1.77. The molecule has 0 bridgehead atoms. The van der Waals surface area contributed by atoms with Crippen LogP contribution in [-0.4, -0.2) is 40.3 Å². The van der Waals surface area contributed by atoms with Gasteiger partial charge in [0.15, 0.2) is 0 Å². The fourth-order valence-corrected chi connectivity index (χ4v) is 0.963. The average Bonchev–Trinajstić information content (AvgIpc) is 2.64. The van der Waals surface area contributed by atoms with Crippen LogP contribution in [0.15, 0.2) is 0 Å². The zero-order valence-corrected chi connectivity index (χ0v) is 8.57. The number of nitrogens with zero attached hydrogens (tertiary/aromatic N) is 3. The van der Waals surface area contributed by atoms with Gasteiger partial charge in [-0.2, -0.15) is 0 Å². The number of aromatic nitrogens is 3. The summed E-state index contributed by atoms with van der Waals surface area (Å²) in [6, 6.07) is 0. The number of nitrogens with one attached hydrogen (secondary N) is 1. The summed E-state index contributed by atoms with van der Waals surface area (Å²) in [6.07, 6.45) is 1.75. The number of carbonyl (C=O) groups excluding carboxylic acids is 1. The molecule has 6 nitrogen and oxygen atoms in total. The molecule has 0 radical (unpaired) electrons. The van der Waals surface area contributed by atoms with Gasteiger partial charge in [-0.3, -0.25) is 14.7 Å². The van der Waals surface area contributed by atoms with Crippen molar-refractivity contribution in [3.05, 3.63) is 11.6 Å². The van der Waals surface area contributed by atoms with E-state index in [1.165, 1.54) is 14.2 Å². The zero-order chi connectivity index (χ0) is 10.6. The molecule has 0 aromatic carbocycles. The summed E-state index contributed by atoms with van der Waals surface area (Å²) < 4.78 is 0. The quantitative estimate of drug-likeness (QED) is 0.710. The minimum absolute atomic E-state index is 0.137. The second-order valence-corrected chi connectivity index (χ2v) is 2.84. The van der Waals surface area contributed by atoms with Crippen LogP contribution in [0.4, 0.5) is 0 Å². The molecule has 0 aliphatic carbocycles. The first-order valence-corrected chi connectivity index (χ1v) is 4.42. The molecule has 0 aliphatic heterocycles. The SMILES string of the molecule is CCCc1nc(C(=O)N(C)OC)n[nH]1. The Bertz CT molecular complexity index is 310. The molecule has 6 heteroatoms. The molecule has 0 spiro atoms. The molecular formula is C8H14N4O2. The van der Waals surface area contributed by atoms with Crippen molar-refractivity contribution in [2.75, 3.05) is 14.2 Å². The van der Waals surface area contributed by atoms with Crippen LogP contribution in [0.2, 0.25) is 0 Å². The maximum Gasteiger partial charge on any atom is 0.316 e. The van der Waals surface area contributed by atoms with Crippen LogP contribution in [0.1, 0.15) is 29.8 Å². The number of aromatic amines is 1. The molecule has 1 aromatic heterocycles. The van der Waals surface area contributed by atoms with Gasteiger partial charge in [-0.1, -0.05) is 6.92 Å². The zero-order valence-electron chi connectivity index (χ0n) is 8.57. The Morgan fingerprint density at radius 3 is 2.93 bits per heavy atom. The van der Waals surface area contributed by atoms with Gasteiger partial charge < -0.3 is 0 Å². The van der Waals surface area contributed by atoms with Crippen molar-refractivity contribution in [1.82, 2.24) is 20.2 Å². The number of rotatable bonds is 4. The van der Waals surface area contributed by atoms with E-state index in [-0.39, 0.29) is 11.7 Å². The van der Waals surface area contributed by atoms with Crippen molar-refractivity contribution >= 4 is 5.91 Å².